The Morgan fingerprint density at radius 2 is 2.10 bits per heavy atom. The van der Waals surface area contributed by atoms with Gasteiger partial charge in [0.15, 0.2) is 0 Å². The van der Waals surface area contributed by atoms with Crippen LogP contribution in [0.2, 0.25) is 0 Å². The number of imidazole rings is 1. The standard InChI is InChI=1S/C16H19ClIN3/c1-10(17)16-19-14-8-11(18)2-5-15(14)21(16)13-6-7-20(9-13)12-3-4-12/h2,5,8,10,12-13H,3-4,6-7,9H2,1H3. The molecule has 4 rings (SSSR count). The summed E-state index contributed by atoms with van der Waals surface area (Å²) in [5, 5.41) is -0.0509. The minimum atomic E-state index is -0.0509. The number of halogens is 2. The maximum atomic E-state index is 6.41. The molecule has 1 saturated heterocycles. The van der Waals surface area contributed by atoms with Crippen LogP contribution in [0.3, 0.4) is 0 Å². The van der Waals surface area contributed by atoms with E-state index in [2.05, 4.69) is 50.3 Å². The Kier molecular flexibility index (Phi) is 3.66. The van der Waals surface area contributed by atoms with Crippen LogP contribution < -0.4 is 0 Å². The lowest BCUT2D eigenvalue weighted by atomic mass is 10.2. The predicted molar refractivity (Wildman–Crippen MR) is 95.0 cm³/mol. The number of likely N-dealkylation sites (tertiary alicyclic amines) is 1. The van der Waals surface area contributed by atoms with Gasteiger partial charge in [0.25, 0.3) is 0 Å². The van der Waals surface area contributed by atoms with Crippen molar-refractivity contribution >= 4 is 45.2 Å². The first-order valence-corrected chi connectivity index (χ1v) is 9.20. The SMILES string of the molecule is CC(Cl)c1nc2cc(I)ccc2n1C1CCN(C2CC2)C1. The second-order valence-corrected chi connectivity index (χ2v) is 8.16. The topological polar surface area (TPSA) is 21.1 Å². The van der Waals surface area contributed by atoms with Gasteiger partial charge in [-0.25, -0.2) is 4.98 Å². The third-order valence-electron chi connectivity index (χ3n) is 4.66. The Labute approximate surface area is 143 Å². The van der Waals surface area contributed by atoms with Crippen molar-refractivity contribution in [2.45, 2.75) is 43.6 Å². The van der Waals surface area contributed by atoms with Crippen LogP contribution >= 0.6 is 34.2 Å². The molecule has 1 aliphatic heterocycles. The molecule has 0 radical (unpaired) electrons. The lowest BCUT2D eigenvalue weighted by Crippen LogP contribution is -2.24. The molecule has 1 aliphatic carbocycles. The van der Waals surface area contributed by atoms with Gasteiger partial charge in [0.1, 0.15) is 5.82 Å². The lowest BCUT2D eigenvalue weighted by molar-refractivity contribution is 0.313. The molecule has 112 valence electrons. The Morgan fingerprint density at radius 1 is 1.29 bits per heavy atom. The average molecular weight is 416 g/mol. The van der Waals surface area contributed by atoms with E-state index in [-0.39, 0.29) is 5.38 Å². The molecule has 5 heteroatoms. The fraction of sp³-hybridized carbons (Fsp3) is 0.562. The van der Waals surface area contributed by atoms with E-state index in [9.17, 15) is 0 Å². The van der Waals surface area contributed by atoms with Gasteiger partial charge in [-0.2, -0.15) is 0 Å². The molecule has 3 nitrogen and oxygen atoms in total. The Morgan fingerprint density at radius 3 is 2.81 bits per heavy atom. The molecular weight excluding hydrogens is 397 g/mol. The highest BCUT2D eigenvalue weighted by atomic mass is 127. The summed E-state index contributed by atoms with van der Waals surface area (Å²) in [6.45, 7) is 4.39. The van der Waals surface area contributed by atoms with E-state index in [1.165, 1.54) is 34.9 Å². The molecule has 0 N–H and O–H groups in total. The summed E-state index contributed by atoms with van der Waals surface area (Å²) in [7, 11) is 0. The van der Waals surface area contributed by atoms with Gasteiger partial charge in [0.2, 0.25) is 0 Å². The average Bonchev–Trinajstić information content (AvgIpc) is 3.06. The zero-order valence-corrected chi connectivity index (χ0v) is 15.0. The Hall–Kier alpha value is -0.330. The van der Waals surface area contributed by atoms with Gasteiger partial charge < -0.3 is 4.57 Å². The fourth-order valence-electron chi connectivity index (χ4n) is 3.51. The summed E-state index contributed by atoms with van der Waals surface area (Å²) in [4.78, 5) is 7.46. The molecule has 1 aromatic carbocycles. The molecule has 2 heterocycles. The first-order chi connectivity index (χ1) is 10.1. The predicted octanol–water partition coefficient (Wildman–Crippen LogP) is 4.35. The Balaban J connectivity index is 1.76. The first kappa shape index (κ1) is 14.3. The van der Waals surface area contributed by atoms with Crippen LogP contribution in [0.5, 0.6) is 0 Å². The third kappa shape index (κ3) is 2.59. The molecule has 2 atom stereocenters. The van der Waals surface area contributed by atoms with Crippen LogP contribution in [-0.4, -0.2) is 33.6 Å². The quantitative estimate of drug-likeness (QED) is 0.549. The van der Waals surface area contributed by atoms with E-state index >= 15 is 0 Å². The van der Waals surface area contributed by atoms with Crippen LogP contribution in [0.1, 0.15) is 43.4 Å². The van der Waals surface area contributed by atoms with Crippen molar-refractivity contribution in [3.63, 3.8) is 0 Å². The molecule has 2 unspecified atom stereocenters. The summed E-state index contributed by atoms with van der Waals surface area (Å²) in [5.41, 5.74) is 2.31. The minimum absolute atomic E-state index is 0.0509. The highest BCUT2D eigenvalue weighted by Crippen LogP contribution is 2.37. The third-order valence-corrected chi connectivity index (χ3v) is 5.52. The van der Waals surface area contributed by atoms with Crippen LogP contribution in [0.4, 0.5) is 0 Å². The van der Waals surface area contributed by atoms with Gasteiger partial charge in [0.05, 0.1) is 16.4 Å². The van der Waals surface area contributed by atoms with Crippen molar-refractivity contribution in [3.05, 3.63) is 27.6 Å². The molecular formula is C16H19ClIN3. The number of hydrogen-bond acceptors (Lipinski definition) is 2. The largest absolute Gasteiger partial charge is 0.322 e. The molecule has 0 spiro atoms. The van der Waals surface area contributed by atoms with Crippen molar-refractivity contribution in [1.82, 2.24) is 14.5 Å². The number of alkyl halides is 1. The maximum absolute atomic E-state index is 6.41. The van der Waals surface area contributed by atoms with Crippen LogP contribution in [0, 0.1) is 3.57 Å². The second-order valence-electron chi connectivity index (χ2n) is 6.26. The second kappa shape index (κ2) is 5.39. The molecule has 2 aliphatic rings. The molecule has 0 bridgehead atoms. The van der Waals surface area contributed by atoms with Crippen molar-refractivity contribution < 1.29 is 0 Å². The van der Waals surface area contributed by atoms with Crippen molar-refractivity contribution in [2.24, 2.45) is 0 Å². The van der Waals surface area contributed by atoms with Crippen molar-refractivity contribution in [2.75, 3.05) is 13.1 Å². The van der Waals surface area contributed by atoms with Gasteiger partial charge in [-0.15, -0.1) is 11.6 Å². The van der Waals surface area contributed by atoms with Crippen molar-refractivity contribution in [1.29, 1.82) is 0 Å². The van der Waals surface area contributed by atoms with Crippen LogP contribution in [-0.2, 0) is 0 Å². The van der Waals surface area contributed by atoms with E-state index in [1.807, 2.05) is 6.92 Å². The summed E-state index contributed by atoms with van der Waals surface area (Å²) >= 11 is 8.75. The summed E-state index contributed by atoms with van der Waals surface area (Å²) in [6, 6.07) is 7.89. The highest BCUT2D eigenvalue weighted by molar-refractivity contribution is 14.1. The summed E-state index contributed by atoms with van der Waals surface area (Å²) in [6.07, 6.45) is 3.98. The molecule has 1 aromatic heterocycles. The number of benzene rings is 1. The summed E-state index contributed by atoms with van der Waals surface area (Å²) < 4.78 is 3.63. The summed E-state index contributed by atoms with van der Waals surface area (Å²) in [5.74, 6) is 1.02. The van der Waals surface area contributed by atoms with Gasteiger partial charge >= 0.3 is 0 Å². The number of rotatable bonds is 3. The zero-order valence-electron chi connectivity index (χ0n) is 12.1. The van der Waals surface area contributed by atoms with Crippen molar-refractivity contribution in [3.8, 4) is 0 Å². The van der Waals surface area contributed by atoms with Gasteiger partial charge in [0, 0.05) is 28.7 Å². The zero-order chi connectivity index (χ0) is 14.6. The van der Waals surface area contributed by atoms with Crippen LogP contribution in [0.15, 0.2) is 18.2 Å². The Bertz CT molecular complexity index is 677. The smallest absolute Gasteiger partial charge is 0.128 e. The fourth-order valence-corrected chi connectivity index (χ4v) is 4.13. The van der Waals surface area contributed by atoms with E-state index < -0.39 is 0 Å². The van der Waals surface area contributed by atoms with Gasteiger partial charge in [-0.1, -0.05) is 0 Å². The van der Waals surface area contributed by atoms with E-state index in [1.54, 1.807) is 0 Å². The number of nitrogens with zero attached hydrogens (tertiary/aromatic N) is 3. The molecule has 1 saturated carbocycles. The first-order valence-electron chi connectivity index (χ1n) is 7.69. The number of aromatic nitrogens is 2. The van der Waals surface area contributed by atoms with E-state index in [4.69, 9.17) is 16.6 Å². The molecule has 21 heavy (non-hydrogen) atoms. The van der Waals surface area contributed by atoms with Gasteiger partial charge in [-0.05, 0) is 67.0 Å². The monoisotopic (exact) mass is 415 g/mol. The van der Waals surface area contributed by atoms with Crippen LogP contribution in [0.25, 0.3) is 11.0 Å². The molecule has 2 aromatic rings. The lowest BCUT2D eigenvalue weighted by Gasteiger charge is -2.19. The van der Waals surface area contributed by atoms with E-state index in [0.29, 0.717) is 6.04 Å². The van der Waals surface area contributed by atoms with Gasteiger partial charge in [-0.3, -0.25) is 4.90 Å². The van der Waals surface area contributed by atoms with E-state index in [0.717, 1.165) is 23.9 Å². The minimum Gasteiger partial charge on any atom is -0.322 e. The number of fused-ring (bicyclic) bond motifs is 1. The molecule has 2 fully saturated rings. The number of hydrogen-bond donors (Lipinski definition) is 0. The molecule has 0 amide bonds. The normalized spacial score (nSPS) is 24.8. The maximum Gasteiger partial charge on any atom is 0.128 e. The highest BCUT2D eigenvalue weighted by Gasteiger charge is 2.36.